The van der Waals surface area contributed by atoms with Crippen LogP contribution in [0.4, 0.5) is 4.39 Å². The Kier molecular flexibility index (Phi) is 8.07. The number of aromatic nitrogens is 2. The summed E-state index contributed by atoms with van der Waals surface area (Å²) < 4.78 is 19.5. The highest BCUT2D eigenvalue weighted by molar-refractivity contribution is 5.70. The number of ether oxygens (including phenoxy) is 1. The molecule has 0 saturated carbocycles. The second kappa shape index (κ2) is 11.2. The van der Waals surface area contributed by atoms with Crippen LogP contribution in [-0.2, 0) is 0 Å². The molecule has 3 aromatic rings. The number of aliphatic hydroxyl groups excluding tert-OH is 1. The highest BCUT2D eigenvalue weighted by Crippen LogP contribution is 2.28. The fraction of sp³-hybridized carbons (Fsp3) is 0.231. The molecular formula is C26H27FN2O2. The molecule has 0 fully saturated rings. The first-order valence-corrected chi connectivity index (χ1v) is 10.4. The number of hydrogen-bond acceptors (Lipinski definition) is 4. The van der Waals surface area contributed by atoms with Crippen LogP contribution in [0.1, 0.15) is 32.0 Å². The van der Waals surface area contributed by atoms with Gasteiger partial charge in [0, 0.05) is 18.0 Å². The summed E-state index contributed by atoms with van der Waals surface area (Å²) in [6, 6.07) is 12.8. The predicted molar refractivity (Wildman–Crippen MR) is 123 cm³/mol. The molecule has 0 aliphatic heterocycles. The molecule has 0 amide bonds. The van der Waals surface area contributed by atoms with Gasteiger partial charge < -0.3 is 9.84 Å². The van der Waals surface area contributed by atoms with Crippen LogP contribution >= 0.6 is 0 Å². The van der Waals surface area contributed by atoms with Crippen molar-refractivity contribution in [2.24, 2.45) is 0 Å². The summed E-state index contributed by atoms with van der Waals surface area (Å²) in [6.45, 7) is 5.63. The fourth-order valence-electron chi connectivity index (χ4n) is 3.09. The van der Waals surface area contributed by atoms with Gasteiger partial charge in [-0.1, -0.05) is 49.1 Å². The predicted octanol–water partition coefficient (Wildman–Crippen LogP) is 6.08. The maximum absolute atomic E-state index is 14.2. The van der Waals surface area contributed by atoms with Crippen LogP contribution in [0.3, 0.4) is 0 Å². The van der Waals surface area contributed by atoms with Crippen molar-refractivity contribution in [2.75, 3.05) is 6.61 Å². The third kappa shape index (κ3) is 6.59. The van der Waals surface area contributed by atoms with Gasteiger partial charge in [-0.15, -0.1) is 0 Å². The topological polar surface area (TPSA) is 55.2 Å². The molecule has 160 valence electrons. The minimum atomic E-state index is -0.397. The van der Waals surface area contributed by atoms with Crippen molar-refractivity contribution in [3.05, 3.63) is 85.2 Å². The van der Waals surface area contributed by atoms with E-state index in [2.05, 4.69) is 16.5 Å². The Morgan fingerprint density at radius 3 is 2.29 bits per heavy atom. The van der Waals surface area contributed by atoms with E-state index in [9.17, 15) is 9.50 Å². The van der Waals surface area contributed by atoms with Gasteiger partial charge in [0.15, 0.2) is 17.4 Å². The second-order valence-electron chi connectivity index (χ2n) is 7.33. The summed E-state index contributed by atoms with van der Waals surface area (Å²) in [5.41, 5.74) is 3.60. The molecule has 0 aliphatic rings. The van der Waals surface area contributed by atoms with Crippen LogP contribution in [0.25, 0.3) is 28.3 Å². The second-order valence-corrected chi connectivity index (χ2v) is 7.33. The van der Waals surface area contributed by atoms with Gasteiger partial charge in [-0.25, -0.2) is 14.4 Å². The third-order valence-corrected chi connectivity index (χ3v) is 4.77. The van der Waals surface area contributed by atoms with E-state index in [0.29, 0.717) is 5.82 Å². The summed E-state index contributed by atoms with van der Waals surface area (Å²) in [4.78, 5) is 8.79. The molecule has 0 aliphatic carbocycles. The van der Waals surface area contributed by atoms with Crippen LogP contribution < -0.4 is 4.74 Å². The summed E-state index contributed by atoms with van der Waals surface area (Å²) in [7, 11) is 0. The first-order valence-electron chi connectivity index (χ1n) is 10.4. The Hall–Kier alpha value is -3.31. The maximum Gasteiger partial charge on any atom is 0.165 e. The van der Waals surface area contributed by atoms with Crippen molar-refractivity contribution in [1.82, 2.24) is 9.97 Å². The standard InChI is InChI=1S/C26H27FN2O2/c1-3-15-31-25-14-13-22(16-24(25)27)20-9-11-21(12-10-20)23-17-28-26(29-18-23)8-6-4-5-7-19(2)30/h3,6,8-14,16-19,30H,1,4-5,7,15H2,2H3/b8-6+. The van der Waals surface area contributed by atoms with E-state index in [1.165, 1.54) is 6.07 Å². The number of rotatable bonds is 10. The monoisotopic (exact) mass is 418 g/mol. The molecule has 1 atom stereocenters. The Labute approximate surface area is 182 Å². The quantitative estimate of drug-likeness (QED) is 0.320. The van der Waals surface area contributed by atoms with Crippen LogP contribution in [0.2, 0.25) is 0 Å². The van der Waals surface area contributed by atoms with Gasteiger partial charge in [-0.3, -0.25) is 0 Å². The lowest BCUT2D eigenvalue weighted by Gasteiger charge is -2.08. The highest BCUT2D eigenvalue weighted by atomic mass is 19.1. The van der Waals surface area contributed by atoms with E-state index < -0.39 is 5.82 Å². The van der Waals surface area contributed by atoms with Gasteiger partial charge >= 0.3 is 0 Å². The molecule has 4 nitrogen and oxygen atoms in total. The molecule has 5 heteroatoms. The maximum atomic E-state index is 14.2. The zero-order valence-electron chi connectivity index (χ0n) is 17.7. The lowest BCUT2D eigenvalue weighted by atomic mass is 10.0. The normalized spacial score (nSPS) is 12.1. The molecular weight excluding hydrogens is 391 g/mol. The number of nitrogens with zero attached hydrogens (tertiary/aromatic N) is 2. The highest BCUT2D eigenvalue weighted by Gasteiger charge is 2.07. The minimum Gasteiger partial charge on any atom is -0.486 e. The number of hydrogen-bond donors (Lipinski definition) is 1. The van der Waals surface area contributed by atoms with Crippen molar-refractivity contribution < 1.29 is 14.2 Å². The van der Waals surface area contributed by atoms with E-state index in [4.69, 9.17) is 4.74 Å². The molecule has 1 aromatic heterocycles. The lowest BCUT2D eigenvalue weighted by Crippen LogP contribution is -1.97. The number of allylic oxidation sites excluding steroid dienone is 1. The molecule has 1 heterocycles. The fourth-order valence-corrected chi connectivity index (χ4v) is 3.09. The smallest absolute Gasteiger partial charge is 0.165 e. The van der Waals surface area contributed by atoms with Gasteiger partial charge in [0.1, 0.15) is 6.61 Å². The third-order valence-electron chi connectivity index (χ3n) is 4.77. The Morgan fingerprint density at radius 1 is 1.03 bits per heavy atom. The molecule has 3 rings (SSSR count). The number of unbranched alkanes of at least 4 members (excludes halogenated alkanes) is 1. The van der Waals surface area contributed by atoms with Gasteiger partial charge in [0.05, 0.1) is 6.10 Å². The average molecular weight is 419 g/mol. The van der Waals surface area contributed by atoms with E-state index in [0.717, 1.165) is 41.5 Å². The average Bonchev–Trinajstić information content (AvgIpc) is 2.78. The Bertz CT molecular complexity index is 1010. The minimum absolute atomic E-state index is 0.217. The van der Waals surface area contributed by atoms with Crippen LogP contribution in [0, 0.1) is 5.82 Å². The zero-order valence-corrected chi connectivity index (χ0v) is 17.7. The van der Waals surface area contributed by atoms with E-state index in [1.54, 1.807) is 31.5 Å². The van der Waals surface area contributed by atoms with Gasteiger partial charge in [-0.2, -0.15) is 0 Å². The van der Waals surface area contributed by atoms with Crippen molar-refractivity contribution in [1.29, 1.82) is 0 Å². The molecule has 2 aromatic carbocycles. The number of aliphatic hydroxyl groups is 1. The van der Waals surface area contributed by atoms with Crippen molar-refractivity contribution in [3.63, 3.8) is 0 Å². The molecule has 1 N–H and O–H groups in total. The molecule has 0 spiro atoms. The summed E-state index contributed by atoms with van der Waals surface area (Å²) >= 11 is 0. The number of halogens is 1. The van der Waals surface area contributed by atoms with Crippen LogP contribution in [0.15, 0.2) is 73.6 Å². The van der Waals surface area contributed by atoms with Gasteiger partial charge in [0.2, 0.25) is 0 Å². The van der Waals surface area contributed by atoms with Crippen molar-refractivity contribution >= 4 is 6.08 Å². The van der Waals surface area contributed by atoms with E-state index in [-0.39, 0.29) is 18.5 Å². The zero-order chi connectivity index (χ0) is 22.1. The van der Waals surface area contributed by atoms with Crippen molar-refractivity contribution in [2.45, 2.75) is 32.3 Å². The van der Waals surface area contributed by atoms with Crippen molar-refractivity contribution in [3.8, 4) is 28.0 Å². The largest absolute Gasteiger partial charge is 0.486 e. The first kappa shape index (κ1) is 22.4. The molecule has 1 unspecified atom stereocenters. The van der Waals surface area contributed by atoms with E-state index >= 15 is 0 Å². The molecule has 0 bridgehead atoms. The first-order chi connectivity index (χ1) is 15.1. The van der Waals surface area contributed by atoms with Gasteiger partial charge in [-0.05, 0) is 61.1 Å². The molecule has 31 heavy (non-hydrogen) atoms. The SMILES string of the molecule is C=CCOc1ccc(-c2ccc(-c3cnc(/C=C/CCCC(C)O)nc3)cc2)cc1F. The molecule has 0 radical (unpaired) electrons. The van der Waals surface area contributed by atoms with Crippen LogP contribution in [-0.4, -0.2) is 27.8 Å². The number of benzene rings is 2. The Balaban J connectivity index is 1.64. The Morgan fingerprint density at radius 2 is 1.68 bits per heavy atom. The van der Waals surface area contributed by atoms with E-state index in [1.807, 2.05) is 42.5 Å². The lowest BCUT2D eigenvalue weighted by molar-refractivity contribution is 0.182. The molecule has 0 saturated heterocycles. The van der Waals surface area contributed by atoms with Crippen LogP contribution in [0.5, 0.6) is 5.75 Å². The summed E-state index contributed by atoms with van der Waals surface area (Å²) in [6.07, 6.45) is 11.5. The van der Waals surface area contributed by atoms with Gasteiger partial charge in [0.25, 0.3) is 0 Å². The summed E-state index contributed by atoms with van der Waals surface area (Å²) in [5, 5.41) is 9.27. The summed E-state index contributed by atoms with van der Waals surface area (Å²) in [5.74, 6) is 0.479.